The predicted octanol–water partition coefficient (Wildman–Crippen LogP) is 2.61. The molecule has 2 heterocycles. The van der Waals surface area contributed by atoms with Crippen LogP contribution in [0, 0.1) is 5.92 Å². The first-order chi connectivity index (χ1) is 14.0. The summed E-state index contributed by atoms with van der Waals surface area (Å²) < 4.78 is 26.9. The van der Waals surface area contributed by atoms with Crippen LogP contribution in [0.5, 0.6) is 0 Å². The average molecular weight is 422 g/mol. The highest BCUT2D eigenvalue weighted by Crippen LogP contribution is 2.22. The normalized spacial score (nSPS) is 20.6. The molecule has 2 aliphatic rings. The second-order valence-corrected chi connectivity index (χ2v) is 10.4. The van der Waals surface area contributed by atoms with Gasteiger partial charge in [0, 0.05) is 38.1 Å². The first-order valence-corrected chi connectivity index (χ1v) is 12.6. The van der Waals surface area contributed by atoms with Gasteiger partial charge in [0.1, 0.15) is 0 Å². The van der Waals surface area contributed by atoms with E-state index in [0.717, 1.165) is 38.0 Å². The molecule has 2 saturated heterocycles. The molecule has 0 unspecified atom stereocenters. The number of sulfonamides is 1. The van der Waals surface area contributed by atoms with Crippen molar-refractivity contribution in [3.63, 3.8) is 0 Å². The van der Waals surface area contributed by atoms with E-state index in [9.17, 15) is 13.2 Å². The van der Waals surface area contributed by atoms with E-state index in [-0.39, 0.29) is 23.6 Å². The van der Waals surface area contributed by atoms with Crippen LogP contribution in [0.25, 0.3) is 0 Å². The molecule has 0 aliphatic carbocycles. The zero-order valence-electron chi connectivity index (χ0n) is 17.6. The summed E-state index contributed by atoms with van der Waals surface area (Å²) in [5.41, 5.74) is 0.803. The molecule has 1 aromatic carbocycles. The van der Waals surface area contributed by atoms with Crippen LogP contribution in [0.4, 0.5) is 0 Å². The van der Waals surface area contributed by atoms with Crippen molar-refractivity contribution < 1.29 is 13.2 Å². The molecule has 0 aromatic heterocycles. The summed E-state index contributed by atoms with van der Waals surface area (Å²) in [6, 6.07) is 9.54. The van der Waals surface area contributed by atoms with E-state index in [1.807, 2.05) is 30.3 Å². The van der Waals surface area contributed by atoms with Gasteiger partial charge in [0.05, 0.1) is 5.75 Å². The third-order valence-corrected chi connectivity index (χ3v) is 8.02. The Balaban J connectivity index is 1.41. The van der Waals surface area contributed by atoms with Gasteiger partial charge in [-0.2, -0.15) is 0 Å². The topological polar surface area (TPSA) is 69.7 Å². The van der Waals surface area contributed by atoms with Crippen LogP contribution >= 0.6 is 0 Å². The molecule has 29 heavy (non-hydrogen) atoms. The second-order valence-electron chi connectivity index (χ2n) is 8.39. The van der Waals surface area contributed by atoms with Crippen molar-refractivity contribution in [3.05, 3.63) is 35.9 Å². The largest absolute Gasteiger partial charge is 0.353 e. The number of rotatable bonds is 8. The molecule has 0 atom stereocenters. The molecule has 1 N–H and O–H groups in total. The van der Waals surface area contributed by atoms with Crippen molar-refractivity contribution in [3.8, 4) is 0 Å². The quantitative estimate of drug-likeness (QED) is 0.701. The number of likely N-dealkylation sites (tertiary alicyclic amines) is 1. The summed E-state index contributed by atoms with van der Waals surface area (Å²) >= 11 is 0. The van der Waals surface area contributed by atoms with E-state index < -0.39 is 10.0 Å². The maximum atomic E-state index is 12.7. The molecule has 0 bridgehead atoms. The average Bonchev–Trinajstić information content (AvgIpc) is 2.74. The molecule has 6 nitrogen and oxygen atoms in total. The Morgan fingerprint density at radius 1 is 1.03 bits per heavy atom. The van der Waals surface area contributed by atoms with Gasteiger partial charge in [-0.25, -0.2) is 12.7 Å². The lowest BCUT2D eigenvalue weighted by Gasteiger charge is -2.34. The summed E-state index contributed by atoms with van der Waals surface area (Å²) in [7, 11) is -3.33. The Morgan fingerprint density at radius 3 is 2.31 bits per heavy atom. The van der Waals surface area contributed by atoms with Crippen molar-refractivity contribution in [2.75, 3.05) is 32.7 Å². The molecule has 0 saturated carbocycles. The Kier molecular flexibility index (Phi) is 8.09. The van der Waals surface area contributed by atoms with Crippen LogP contribution in [-0.2, 0) is 20.6 Å². The van der Waals surface area contributed by atoms with Gasteiger partial charge >= 0.3 is 0 Å². The smallest absolute Gasteiger partial charge is 0.223 e. The van der Waals surface area contributed by atoms with Crippen LogP contribution in [0.1, 0.15) is 51.0 Å². The number of amides is 1. The highest BCUT2D eigenvalue weighted by Gasteiger charge is 2.32. The fourth-order valence-corrected chi connectivity index (χ4v) is 5.84. The lowest BCUT2D eigenvalue weighted by molar-refractivity contribution is -0.127. The maximum absolute atomic E-state index is 12.7. The predicted molar refractivity (Wildman–Crippen MR) is 116 cm³/mol. The van der Waals surface area contributed by atoms with Gasteiger partial charge in [0.25, 0.3) is 0 Å². The second kappa shape index (κ2) is 10.5. The van der Waals surface area contributed by atoms with E-state index in [1.54, 1.807) is 4.31 Å². The number of carbonyl (C=O) groups excluding carboxylic acids is 1. The van der Waals surface area contributed by atoms with Gasteiger partial charge in [-0.1, -0.05) is 43.7 Å². The van der Waals surface area contributed by atoms with E-state index in [0.29, 0.717) is 25.9 Å². The number of carbonyl (C=O) groups is 1. The first kappa shape index (κ1) is 22.2. The zero-order chi connectivity index (χ0) is 20.7. The van der Waals surface area contributed by atoms with Gasteiger partial charge in [0.15, 0.2) is 0 Å². The number of piperidine rings is 2. The van der Waals surface area contributed by atoms with Crippen LogP contribution in [0.3, 0.4) is 0 Å². The minimum atomic E-state index is -3.33. The molecule has 3 rings (SSSR count). The van der Waals surface area contributed by atoms with Gasteiger partial charge < -0.3 is 10.2 Å². The SMILES string of the molecule is CCCCN1CCC(NC(=O)C2CCN(S(=O)(=O)Cc3ccccc3)CC2)CC1. The Labute approximate surface area is 175 Å². The monoisotopic (exact) mass is 421 g/mol. The molecule has 0 radical (unpaired) electrons. The van der Waals surface area contributed by atoms with E-state index in [4.69, 9.17) is 0 Å². The molecule has 2 aliphatic heterocycles. The zero-order valence-corrected chi connectivity index (χ0v) is 18.4. The lowest BCUT2D eigenvalue weighted by Crippen LogP contribution is -2.48. The van der Waals surface area contributed by atoms with Crippen LogP contribution in [-0.4, -0.2) is 62.3 Å². The minimum Gasteiger partial charge on any atom is -0.353 e. The van der Waals surface area contributed by atoms with Crippen molar-refractivity contribution in [2.45, 2.75) is 57.2 Å². The standard InChI is InChI=1S/C22H35N3O3S/c1-2-3-13-24-14-11-21(12-15-24)23-22(26)20-9-16-25(17-10-20)29(27,28)18-19-7-5-4-6-8-19/h4-8,20-21H,2-3,9-18H2,1H3,(H,23,26). The van der Waals surface area contributed by atoms with Crippen molar-refractivity contribution in [1.29, 1.82) is 0 Å². The van der Waals surface area contributed by atoms with Gasteiger partial charge in [-0.3, -0.25) is 4.79 Å². The summed E-state index contributed by atoms with van der Waals surface area (Å²) in [6.07, 6.45) is 5.70. The van der Waals surface area contributed by atoms with Crippen molar-refractivity contribution >= 4 is 15.9 Å². The number of nitrogens with zero attached hydrogens (tertiary/aromatic N) is 2. The van der Waals surface area contributed by atoms with Gasteiger partial charge in [0.2, 0.25) is 15.9 Å². The van der Waals surface area contributed by atoms with Crippen molar-refractivity contribution in [1.82, 2.24) is 14.5 Å². The first-order valence-electron chi connectivity index (χ1n) is 11.0. The fourth-order valence-electron chi connectivity index (χ4n) is 4.27. The summed E-state index contributed by atoms with van der Waals surface area (Å²) in [5, 5.41) is 3.23. The summed E-state index contributed by atoms with van der Waals surface area (Å²) in [4.78, 5) is 15.2. The van der Waals surface area contributed by atoms with Gasteiger partial charge in [-0.05, 0) is 44.2 Å². The minimum absolute atomic E-state index is 0.0291. The third kappa shape index (κ3) is 6.52. The third-order valence-electron chi connectivity index (χ3n) is 6.17. The van der Waals surface area contributed by atoms with E-state index in [2.05, 4.69) is 17.1 Å². The summed E-state index contributed by atoms with van der Waals surface area (Å²) in [6.45, 7) is 6.35. The van der Waals surface area contributed by atoms with E-state index in [1.165, 1.54) is 12.8 Å². The lowest BCUT2D eigenvalue weighted by atomic mass is 9.96. The Hall–Kier alpha value is -1.44. The van der Waals surface area contributed by atoms with Crippen LogP contribution < -0.4 is 5.32 Å². The molecule has 1 amide bonds. The highest BCUT2D eigenvalue weighted by atomic mass is 32.2. The highest BCUT2D eigenvalue weighted by molar-refractivity contribution is 7.88. The number of hydrogen-bond acceptors (Lipinski definition) is 4. The van der Waals surface area contributed by atoms with Crippen LogP contribution in [0.15, 0.2) is 30.3 Å². The van der Waals surface area contributed by atoms with Crippen LogP contribution in [0.2, 0.25) is 0 Å². The summed E-state index contributed by atoms with van der Waals surface area (Å²) in [5.74, 6) is 0.0646. The van der Waals surface area contributed by atoms with E-state index >= 15 is 0 Å². The number of benzene rings is 1. The number of unbranched alkanes of at least 4 members (excludes halogenated alkanes) is 1. The molecule has 162 valence electrons. The maximum Gasteiger partial charge on any atom is 0.223 e. The number of nitrogens with one attached hydrogen (secondary N) is 1. The Bertz CT molecular complexity index is 738. The van der Waals surface area contributed by atoms with Crippen molar-refractivity contribution in [2.24, 2.45) is 5.92 Å². The molecule has 2 fully saturated rings. The molecular formula is C22H35N3O3S. The number of hydrogen-bond donors (Lipinski definition) is 1. The molecular weight excluding hydrogens is 386 g/mol. The molecule has 0 spiro atoms. The fraction of sp³-hybridized carbons (Fsp3) is 0.682. The van der Waals surface area contributed by atoms with Gasteiger partial charge in [-0.15, -0.1) is 0 Å². The molecule has 7 heteroatoms. The molecule has 1 aromatic rings. The Morgan fingerprint density at radius 2 is 1.69 bits per heavy atom.